The van der Waals surface area contributed by atoms with E-state index in [9.17, 15) is 9.59 Å². The lowest BCUT2D eigenvalue weighted by Crippen LogP contribution is -2.25. The number of hydrogen-bond donors (Lipinski definition) is 1. The summed E-state index contributed by atoms with van der Waals surface area (Å²) in [7, 11) is 6.60. The lowest BCUT2D eigenvalue weighted by Gasteiger charge is -2.15. The fraction of sp³-hybridized carbons (Fsp3) is 0.333. The van der Waals surface area contributed by atoms with Crippen molar-refractivity contribution in [2.45, 2.75) is 0 Å². The van der Waals surface area contributed by atoms with Gasteiger partial charge in [0, 0.05) is 39.4 Å². The predicted octanol–water partition coefficient (Wildman–Crippen LogP) is 0.672. The molecular weight excluding hydrogens is 218 g/mol. The third kappa shape index (κ3) is 2.75. The maximum atomic E-state index is 11.8. The fourth-order valence-corrected chi connectivity index (χ4v) is 1.37. The van der Waals surface area contributed by atoms with Gasteiger partial charge in [-0.05, 0) is 18.2 Å². The zero-order valence-corrected chi connectivity index (χ0v) is 10.5. The minimum Gasteiger partial charge on any atom is -0.398 e. The monoisotopic (exact) mass is 235 g/mol. The van der Waals surface area contributed by atoms with Gasteiger partial charge in [-0.3, -0.25) is 9.59 Å². The van der Waals surface area contributed by atoms with Crippen LogP contribution in [0.3, 0.4) is 0 Å². The highest BCUT2D eigenvalue weighted by atomic mass is 16.2. The summed E-state index contributed by atoms with van der Waals surface area (Å²) in [5, 5.41) is 0. The molecule has 0 unspecified atom stereocenters. The third-order valence-corrected chi connectivity index (χ3v) is 2.34. The van der Waals surface area contributed by atoms with Crippen LogP contribution < -0.4 is 5.73 Å². The van der Waals surface area contributed by atoms with E-state index in [0.29, 0.717) is 16.8 Å². The molecule has 0 fully saturated rings. The Bertz CT molecular complexity index is 453. The summed E-state index contributed by atoms with van der Waals surface area (Å²) in [5.41, 5.74) is 6.91. The van der Waals surface area contributed by atoms with Crippen molar-refractivity contribution in [3.8, 4) is 0 Å². The number of nitrogens with two attached hydrogens (primary N) is 1. The standard InChI is InChI=1S/C12H17N3O2/c1-14(2)11(16)8-5-6-10(13)9(7-8)12(17)15(3)4/h5-7H,13H2,1-4H3. The Morgan fingerprint density at radius 2 is 1.53 bits per heavy atom. The molecule has 0 atom stereocenters. The van der Waals surface area contributed by atoms with Gasteiger partial charge in [-0.25, -0.2) is 0 Å². The Morgan fingerprint density at radius 3 is 2.00 bits per heavy atom. The quantitative estimate of drug-likeness (QED) is 0.766. The van der Waals surface area contributed by atoms with Crippen LogP contribution in [0.2, 0.25) is 0 Å². The van der Waals surface area contributed by atoms with Crippen molar-refractivity contribution in [1.82, 2.24) is 9.80 Å². The molecule has 0 aliphatic rings. The molecule has 92 valence electrons. The van der Waals surface area contributed by atoms with Crippen molar-refractivity contribution in [3.63, 3.8) is 0 Å². The second kappa shape index (κ2) is 4.86. The fourth-order valence-electron chi connectivity index (χ4n) is 1.37. The lowest BCUT2D eigenvalue weighted by atomic mass is 10.1. The zero-order valence-electron chi connectivity index (χ0n) is 10.5. The van der Waals surface area contributed by atoms with Gasteiger partial charge in [0.1, 0.15) is 0 Å². The van der Waals surface area contributed by atoms with Crippen LogP contribution in [0.25, 0.3) is 0 Å². The molecule has 0 aliphatic carbocycles. The molecule has 0 radical (unpaired) electrons. The van der Waals surface area contributed by atoms with E-state index in [0.717, 1.165) is 0 Å². The van der Waals surface area contributed by atoms with Gasteiger partial charge < -0.3 is 15.5 Å². The molecule has 1 aromatic rings. The van der Waals surface area contributed by atoms with Crippen LogP contribution in [-0.4, -0.2) is 49.8 Å². The van der Waals surface area contributed by atoms with Crippen molar-refractivity contribution >= 4 is 17.5 Å². The van der Waals surface area contributed by atoms with Gasteiger partial charge in [0.05, 0.1) is 5.56 Å². The summed E-state index contributed by atoms with van der Waals surface area (Å²) in [6.45, 7) is 0. The number of carbonyl (C=O) groups is 2. The van der Waals surface area contributed by atoms with Gasteiger partial charge in [-0.1, -0.05) is 0 Å². The van der Waals surface area contributed by atoms with E-state index in [1.807, 2.05) is 0 Å². The number of anilines is 1. The molecule has 2 N–H and O–H groups in total. The molecule has 0 saturated carbocycles. The molecule has 2 amide bonds. The Balaban J connectivity index is 3.20. The van der Waals surface area contributed by atoms with E-state index in [1.165, 1.54) is 15.9 Å². The number of hydrogen-bond acceptors (Lipinski definition) is 3. The molecule has 0 heterocycles. The average Bonchev–Trinajstić information content (AvgIpc) is 2.27. The molecule has 0 bridgehead atoms. The van der Waals surface area contributed by atoms with E-state index in [-0.39, 0.29) is 11.8 Å². The topological polar surface area (TPSA) is 66.6 Å². The van der Waals surface area contributed by atoms with Crippen molar-refractivity contribution in [2.75, 3.05) is 33.9 Å². The first kappa shape index (κ1) is 13.0. The highest BCUT2D eigenvalue weighted by Gasteiger charge is 2.15. The van der Waals surface area contributed by atoms with Gasteiger partial charge in [-0.2, -0.15) is 0 Å². The highest BCUT2D eigenvalue weighted by Crippen LogP contribution is 2.16. The zero-order chi connectivity index (χ0) is 13.2. The summed E-state index contributed by atoms with van der Waals surface area (Å²) in [6.07, 6.45) is 0. The molecule has 0 saturated heterocycles. The molecule has 1 rings (SSSR count). The van der Waals surface area contributed by atoms with Crippen LogP contribution in [0.1, 0.15) is 20.7 Å². The van der Waals surface area contributed by atoms with Crippen molar-refractivity contribution in [2.24, 2.45) is 0 Å². The van der Waals surface area contributed by atoms with Gasteiger partial charge in [-0.15, -0.1) is 0 Å². The largest absolute Gasteiger partial charge is 0.398 e. The second-order valence-corrected chi connectivity index (χ2v) is 4.20. The van der Waals surface area contributed by atoms with Crippen LogP contribution in [0.15, 0.2) is 18.2 Å². The minimum absolute atomic E-state index is 0.155. The number of nitrogen functional groups attached to an aromatic ring is 1. The van der Waals surface area contributed by atoms with E-state index in [4.69, 9.17) is 5.73 Å². The van der Waals surface area contributed by atoms with Crippen LogP contribution >= 0.6 is 0 Å². The maximum absolute atomic E-state index is 11.8. The first-order valence-electron chi connectivity index (χ1n) is 5.17. The van der Waals surface area contributed by atoms with Crippen molar-refractivity contribution < 1.29 is 9.59 Å². The third-order valence-electron chi connectivity index (χ3n) is 2.34. The van der Waals surface area contributed by atoms with Crippen LogP contribution in [0.4, 0.5) is 5.69 Å². The van der Waals surface area contributed by atoms with Crippen molar-refractivity contribution in [3.05, 3.63) is 29.3 Å². The van der Waals surface area contributed by atoms with Gasteiger partial charge in [0.2, 0.25) is 0 Å². The number of amides is 2. The Morgan fingerprint density at radius 1 is 1.00 bits per heavy atom. The molecule has 0 aliphatic heterocycles. The molecule has 0 aromatic heterocycles. The van der Waals surface area contributed by atoms with Crippen LogP contribution in [0, 0.1) is 0 Å². The maximum Gasteiger partial charge on any atom is 0.255 e. The summed E-state index contributed by atoms with van der Waals surface area (Å²) in [5.74, 6) is -0.367. The average molecular weight is 235 g/mol. The number of nitrogens with zero attached hydrogens (tertiary/aromatic N) is 2. The summed E-state index contributed by atoms with van der Waals surface area (Å²) < 4.78 is 0. The minimum atomic E-state index is -0.212. The first-order valence-corrected chi connectivity index (χ1v) is 5.17. The summed E-state index contributed by atoms with van der Waals surface area (Å²) in [6, 6.07) is 4.72. The summed E-state index contributed by atoms with van der Waals surface area (Å²) >= 11 is 0. The Labute approximate surface area is 101 Å². The number of rotatable bonds is 2. The SMILES string of the molecule is CN(C)C(=O)c1ccc(N)c(C(=O)N(C)C)c1. The second-order valence-electron chi connectivity index (χ2n) is 4.20. The Hall–Kier alpha value is -2.04. The van der Waals surface area contributed by atoms with Crippen LogP contribution in [-0.2, 0) is 0 Å². The van der Waals surface area contributed by atoms with Crippen LogP contribution in [0.5, 0.6) is 0 Å². The molecule has 5 nitrogen and oxygen atoms in total. The van der Waals surface area contributed by atoms with E-state index in [1.54, 1.807) is 40.3 Å². The highest BCUT2D eigenvalue weighted by molar-refractivity contribution is 6.02. The van der Waals surface area contributed by atoms with E-state index >= 15 is 0 Å². The summed E-state index contributed by atoms with van der Waals surface area (Å²) in [4.78, 5) is 26.5. The van der Waals surface area contributed by atoms with E-state index < -0.39 is 0 Å². The number of benzene rings is 1. The van der Waals surface area contributed by atoms with E-state index in [2.05, 4.69) is 0 Å². The first-order chi connectivity index (χ1) is 7.84. The molecule has 5 heteroatoms. The smallest absolute Gasteiger partial charge is 0.255 e. The molecule has 17 heavy (non-hydrogen) atoms. The molecule has 1 aromatic carbocycles. The lowest BCUT2D eigenvalue weighted by molar-refractivity contribution is 0.0827. The molecular formula is C12H17N3O2. The number of carbonyl (C=O) groups excluding carboxylic acids is 2. The normalized spacial score (nSPS) is 9.88. The van der Waals surface area contributed by atoms with Gasteiger partial charge in [0.15, 0.2) is 0 Å². The van der Waals surface area contributed by atoms with Crippen molar-refractivity contribution in [1.29, 1.82) is 0 Å². The van der Waals surface area contributed by atoms with Gasteiger partial charge in [0.25, 0.3) is 11.8 Å². The predicted molar refractivity (Wildman–Crippen MR) is 66.9 cm³/mol. The van der Waals surface area contributed by atoms with Gasteiger partial charge >= 0.3 is 0 Å². The molecule has 0 spiro atoms. The Kier molecular flexibility index (Phi) is 3.73.